The Labute approximate surface area is 152 Å². The summed E-state index contributed by atoms with van der Waals surface area (Å²) in [5, 5.41) is 2.89. The second-order valence-corrected chi connectivity index (χ2v) is 6.90. The number of amides is 1. The molecule has 0 atom stereocenters. The quantitative estimate of drug-likeness (QED) is 0.698. The molecule has 0 aliphatic heterocycles. The van der Waals surface area contributed by atoms with Gasteiger partial charge in [-0.25, -0.2) is 4.98 Å². The summed E-state index contributed by atoms with van der Waals surface area (Å²) in [6.07, 6.45) is 2.59. The predicted molar refractivity (Wildman–Crippen MR) is 101 cm³/mol. The SMILES string of the molecule is Cc1ccc(OCCC(=O)Nc2ccc3oc(C4CC4)nc3c2)cc1C. The van der Waals surface area contributed by atoms with Crippen molar-refractivity contribution in [1.29, 1.82) is 0 Å². The van der Waals surface area contributed by atoms with Gasteiger partial charge in [-0.05, 0) is 68.1 Å². The van der Waals surface area contributed by atoms with Crippen LogP contribution in [0.3, 0.4) is 0 Å². The highest BCUT2D eigenvalue weighted by Crippen LogP contribution is 2.40. The van der Waals surface area contributed by atoms with Crippen molar-refractivity contribution < 1.29 is 13.9 Å². The summed E-state index contributed by atoms with van der Waals surface area (Å²) in [5.41, 5.74) is 4.69. The Bertz CT molecular complexity index is 957. The van der Waals surface area contributed by atoms with Gasteiger partial charge in [-0.15, -0.1) is 0 Å². The molecule has 0 spiro atoms. The molecule has 1 amide bonds. The van der Waals surface area contributed by atoms with Crippen LogP contribution in [0, 0.1) is 13.8 Å². The maximum absolute atomic E-state index is 12.1. The molecule has 5 heteroatoms. The van der Waals surface area contributed by atoms with Gasteiger partial charge in [0.1, 0.15) is 11.3 Å². The van der Waals surface area contributed by atoms with Gasteiger partial charge in [0.25, 0.3) is 0 Å². The normalized spacial score (nSPS) is 13.8. The van der Waals surface area contributed by atoms with Crippen LogP contribution < -0.4 is 10.1 Å². The van der Waals surface area contributed by atoms with E-state index < -0.39 is 0 Å². The summed E-state index contributed by atoms with van der Waals surface area (Å²) >= 11 is 0. The van der Waals surface area contributed by atoms with Gasteiger partial charge in [0.2, 0.25) is 5.91 Å². The molecule has 2 aromatic carbocycles. The lowest BCUT2D eigenvalue weighted by Crippen LogP contribution is -2.15. The smallest absolute Gasteiger partial charge is 0.227 e. The Balaban J connectivity index is 1.32. The highest BCUT2D eigenvalue weighted by molar-refractivity contribution is 5.92. The Morgan fingerprint density at radius 1 is 1.19 bits per heavy atom. The molecule has 0 radical (unpaired) electrons. The van der Waals surface area contributed by atoms with Crippen molar-refractivity contribution in [2.75, 3.05) is 11.9 Å². The van der Waals surface area contributed by atoms with E-state index in [0.29, 0.717) is 12.5 Å². The second-order valence-electron chi connectivity index (χ2n) is 6.90. The van der Waals surface area contributed by atoms with Gasteiger partial charge in [-0.1, -0.05) is 6.07 Å². The van der Waals surface area contributed by atoms with E-state index in [1.165, 1.54) is 11.1 Å². The molecule has 1 aliphatic rings. The van der Waals surface area contributed by atoms with Crippen LogP contribution in [-0.2, 0) is 4.79 Å². The number of rotatable bonds is 6. The van der Waals surface area contributed by atoms with Gasteiger partial charge in [-0.3, -0.25) is 4.79 Å². The van der Waals surface area contributed by atoms with Crippen LogP contribution in [0.25, 0.3) is 11.1 Å². The third-order valence-corrected chi connectivity index (χ3v) is 4.69. The van der Waals surface area contributed by atoms with Crippen molar-refractivity contribution in [3.63, 3.8) is 0 Å². The Kier molecular flexibility index (Phi) is 4.37. The minimum absolute atomic E-state index is 0.0842. The van der Waals surface area contributed by atoms with E-state index in [2.05, 4.69) is 17.2 Å². The van der Waals surface area contributed by atoms with Crippen LogP contribution in [0.5, 0.6) is 5.75 Å². The lowest BCUT2D eigenvalue weighted by Gasteiger charge is -2.09. The molecule has 5 nitrogen and oxygen atoms in total. The maximum atomic E-state index is 12.1. The largest absolute Gasteiger partial charge is 0.493 e. The zero-order chi connectivity index (χ0) is 18.1. The summed E-state index contributed by atoms with van der Waals surface area (Å²) in [6.45, 7) is 4.45. The molecule has 1 saturated carbocycles. The van der Waals surface area contributed by atoms with Gasteiger partial charge < -0.3 is 14.5 Å². The van der Waals surface area contributed by atoms with E-state index in [1.807, 2.05) is 43.3 Å². The average molecular weight is 350 g/mol. The molecule has 0 bridgehead atoms. The Morgan fingerprint density at radius 2 is 2.04 bits per heavy atom. The van der Waals surface area contributed by atoms with Gasteiger partial charge in [-0.2, -0.15) is 0 Å². The fraction of sp³-hybridized carbons (Fsp3) is 0.333. The van der Waals surface area contributed by atoms with E-state index in [-0.39, 0.29) is 12.3 Å². The number of carbonyl (C=O) groups excluding carboxylic acids is 1. The molecular formula is C21H22N2O3. The van der Waals surface area contributed by atoms with E-state index >= 15 is 0 Å². The molecule has 26 heavy (non-hydrogen) atoms. The number of oxazole rings is 1. The molecule has 1 heterocycles. The van der Waals surface area contributed by atoms with Gasteiger partial charge in [0.05, 0.1) is 13.0 Å². The predicted octanol–water partition coefficient (Wildman–Crippen LogP) is 4.73. The van der Waals surface area contributed by atoms with Gasteiger partial charge >= 0.3 is 0 Å². The molecule has 0 saturated heterocycles. The van der Waals surface area contributed by atoms with Crippen molar-refractivity contribution in [2.24, 2.45) is 0 Å². The minimum atomic E-state index is -0.0842. The Hall–Kier alpha value is -2.82. The number of nitrogens with one attached hydrogen (secondary N) is 1. The van der Waals surface area contributed by atoms with Crippen molar-refractivity contribution in [3.8, 4) is 5.75 Å². The fourth-order valence-electron chi connectivity index (χ4n) is 2.82. The van der Waals surface area contributed by atoms with Crippen LogP contribution in [0.1, 0.15) is 42.2 Å². The average Bonchev–Trinajstić information content (AvgIpc) is 3.38. The van der Waals surface area contributed by atoms with E-state index in [4.69, 9.17) is 9.15 Å². The number of aromatic nitrogens is 1. The zero-order valence-corrected chi connectivity index (χ0v) is 15.0. The third-order valence-electron chi connectivity index (χ3n) is 4.69. The molecule has 1 fully saturated rings. The number of hydrogen-bond donors (Lipinski definition) is 1. The summed E-state index contributed by atoms with van der Waals surface area (Å²) < 4.78 is 11.4. The fourth-order valence-corrected chi connectivity index (χ4v) is 2.82. The number of ether oxygens (including phenoxy) is 1. The third kappa shape index (κ3) is 3.72. The first kappa shape index (κ1) is 16.6. The number of benzene rings is 2. The number of aryl methyl sites for hydroxylation is 2. The molecule has 1 aromatic heterocycles. The first-order valence-corrected chi connectivity index (χ1v) is 8.99. The molecule has 134 valence electrons. The van der Waals surface area contributed by atoms with Crippen molar-refractivity contribution in [1.82, 2.24) is 4.98 Å². The second kappa shape index (κ2) is 6.83. The van der Waals surface area contributed by atoms with Crippen molar-refractivity contribution >= 4 is 22.7 Å². The number of anilines is 1. The highest BCUT2D eigenvalue weighted by Gasteiger charge is 2.28. The molecule has 3 aromatic rings. The lowest BCUT2D eigenvalue weighted by atomic mass is 10.1. The van der Waals surface area contributed by atoms with E-state index in [1.54, 1.807) is 0 Å². The van der Waals surface area contributed by atoms with Crippen LogP contribution in [-0.4, -0.2) is 17.5 Å². The highest BCUT2D eigenvalue weighted by atomic mass is 16.5. The van der Waals surface area contributed by atoms with Crippen molar-refractivity contribution in [3.05, 3.63) is 53.4 Å². The van der Waals surface area contributed by atoms with Gasteiger partial charge in [0.15, 0.2) is 11.5 Å². The monoisotopic (exact) mass is 350 g/mol. The molecule has 0 unspecified atom stereocenters. The topological polar surface area (TPSA) is 64.4 Å². The summed E-state index contributed by atoms with van der Waals surface area (Å²) in [7, 11) is 0. The first-order chi connectivity index (χ1) is 12.6. The minimum Gasteiger partial charge on any atom is -0.493 e. The number of hydrogen-bond acceptors (Lipinski definition) is 4. The molecule has 1 aliphatic carbocycles. The van der Waals surface area contributed by atoms with Crippen LogP contribution in [0.2, 0.25) is 0 Å². The summed E-state index contributed by atoms with van der Waals surface area (Å²) in [6, 6.07) is 11.5. The molecule has 1 N–H and O–H groups in total. The van der Waals surface area contributed by atoms with Crippen LogP contribution in [0.15, 0.2) is 40.8 Å². The molecular weight excluding hydrogens is 328 g/mol. The molecule has 4 rings (SSSR count). The van der Waals surface area contributed by atoms with Crippen LogP contribution >= 0.6 is 0 Å². The number of nitrogens with zero attached hydrogens (tertiary/aromatic N) is 1. The maximum Gasteiger partial charge on any atom is 0.227 e. The van der Waals surface area contributed by atoms with Crippen LogP contribution in [0.4, 0.5) is 5.69 Å². The Morgan fingerprint density at radius 3 is 2.81 bits per heavy atom. The lowest BCUT2D eigenvalue weighted by molar-refractivity contribution is -0.116. The summed E-state index contributed by atoms with van der Waals surface area (Å²) in [5.74, 6) is 1.99. The van der Waals surface area contributed by atoms with Gasteiger partial charge in [0, 0.05) is 11.6 Å². The van der Waals surface area contributed by atoms with Crippen molar-refractivity contribution in [2.45, 2.75) is 39.0 Å². The van der Waals surface area contributed by atoms with E-state index in [9.17, 15) is 4.79 Å². The number of carbonyl (C=O) groups is 1. The first-order valence-electron chi connectivity index (χ1n) is 8.99. The number of fused-ring (bicyclic) bond motifs is 1. The summed E-state index contributed by atoms with van der Waals surface area (Å²) in [4.78, 5) is 16.7. The standard InChI is InChI=1S/C21H22N2O3/c1-13-3-7-17(11-14(13)2)25-10-9-20(24)22-16-6-8-19-18(12-16)23-21(26-19)15-4-5-15/h3,6-8,11-12,15H,4-5,9-10H2,1-2H3,(H,22,24). The zero-order valence-electron chi connectivity index (χ0n) is 15.0. The van der Waals surface area contributed by atoms with E-state index in [0.717, 1.165) is 41.3 Å².